The van der Waals surface area contributed by atoms with Crippen LogP contribution in [0.3, 0.4) is 0 Å². The molecule has 320 valence electrons. The van der Waals surface area contributed by atoms with Crippen LogP contribution in [0.4, 0.5) is 0 Å². The quantitative estimate of drug-likeness (QED) is 0.0217. The largest absolute Gasteiger partial charge is 0.472 e. The van der Waals surface area contributed by atoms with Crippen LogP contribution in [-0.4, -0.2) is 75.6 Å². The van der Waals surface area contributed by atoms with Crippen LogP contribution in [0.1, 0.15) is 200 Å². The van der Waals surface area contributed by atoms with Gasteiger partial charge in [0, 0.05) is 13.0 Å². The molecule has 0 aliphatic carbocycles. The highest BCUT2D eigenvalue weighted by atomic mass is 31.2. The number of nitrogens with zero attached hydrogens (tertiary/aromatic N) is 1. The van der Waals surface area contributed by atoms with Gasteiger partial charge in [0.05, 0.1) is 34.4 Å². The third-order valence-electron chi connectivity index (χ3n) is 9.77. The maximum Gasteiger partial charge on any atom is 0.472 e. The number of allylic oxidation sites excluding steroid dienone is 4. The second-order valence-corrected chi connectivity index (χ2v) is 17.9. The van der Waals surface area contributed by atoms with E-state index in [1.807, 2.05) is 21.1 Å². The summed E-state index contributed by atoms with van der Waals surface area (Å²) in [6, 6.07) is 0. The normalized spacial score (nSPS) is 14.0. The third kappa shape index (κ3) is 42.1. The first-order chi connectivity index (χ1) is 26.1. The Hall–Kier alpha value is -1.02. The third-order valence-corrected chi connectivity index (χ3v) is 10.7. The second-order valence-electron chi connectivity index (χ2n) is 16.4. The lowest BCUT2D eigenvalue weighted by molar-refractivity contribution is -0.870. The summed E-state index contributed by atoms with van der Waals surface area (Å²) < 4.78 is 35.0. The van der Waals surface area contributed by atoms with Crippen molar-refractivity contribution in [3.63, 3.8) is 0 Å². The molecule has 0 aromatic heterocycles. The van der Waals surface area contributed by atoms with Crippen LogP contribution in [0.15, 0.2) is 24.3 Å². The molecule has 0 bridgehead atoms. The number of quaternary nitrogens is 1. The van der Waals surface area contributed by atoms with Crippen molar-refractivity contribution in [2.75, 3.05) is 54.1 Å². The number of unbranched alkanes of at least 4 members (excludes halogenated alkanes) is 24. The molecular formula is C45H89NO7P+. The Balaban J connectivity index is 4.22. The summed E-state index contributed by atoms with van der Waals surface area (Å²) >= 11 is 0. The molecule has 2 atom stereocenters. The van der Waals surface area contributed by atoms with Gasteiger partial charge in [0.25, 0.3) is 0 Å². The van der Waals surface area contributed by atoms with Gasteiger partial charge >= 0.3 is 13.8 Å². The van der Waals surface area contributed by atoms with Crippen LogP contribution in [0.2, 0.25) is 0 Å². The maximum absolute atomic E-state index is 12.7. The van der Waals surface area contributed by atoms with E-state index in [9.17, 15) is 14.3 Å². The van der Waals surface area contributed by atoms with Crippen molar-refractivity contribution in [2.24, 2.45) is 0 Å². The van der Waals surface area contributed by atoms with Gasteiger partial charge in [-0.05, 0) is 44.9 Å². The fraction of sp³-hybridized carbons (Fsp3) is 0.889. The molecule has 0 aliphatic heterocycles. The molecule has 0 aliphatic rings. The summed E-state index contributed by atoms with van der Waals surface area (Å²) in [5, 5.41) is 0. The van der Waals surface area contributed by atoms with Gasteiger partial charge in [-0.3, -0.25) is 13.8 Å². The Morgan fingerprint density at radius 2 is 1.02 bits per heavy atom. The molecule has 0 aromatic rings. The molecule has 1 N–H and O–H groups in total. The lowest BCUT2D eigenvalue weighted by atomic mass is 10.0. The van der Waals surface area contributed by atoms with Crippen LogP contribution >= 0.6 is 7.82 Å². The molecule has 0 saturated heterocycles. The van der Waals surface area contributed by atoms with Gasteiger partial charge in [-0.15, -0.1) is 0 Å². The van der Waals surface area contributed by atoms with Crippen molar-refractivity contribution in [3.05, 3.63) is 24.3 Å². The number of phosphoric acid groups is 1. The van der Waals surface area contributed by atoms with E-state index in [-0.39, 0.29) is 25.8 Å². The maximum atomic E-state index is 12.7. The van der Waals surface area contributed by atoms with Crippen molar-refractivity contribution < 1.29 is 37.3 Å². The molecule has 2 unspecified atom stereocenters. The first kappa shape index (κ1) is 53.0. The number of hydrogen-bond acceptors (Lipinski definition) is 6. The van der Waals surface area contributed by atoms with E-state index in [2.05, 4.69) is 38.2 Å². The van der Waals surface area contributed by atoms with Crippen LogP contribution in [0, 0.1) is 0 Å². The van der Waals surface area contributed by atoms with Crippen LogP contribution in [0.25, 0.3) is 0 Å². The predicted molar refractivity (Wildman–Crippen MR) is 229 cm³/mol. The topological polar surface area (TPSA) is 91.3 Å². The molecule has 0 heterocycles. The van der Waals surface area contributed by atoms with E-state index in [0.717, 1.165) is 44.9 Å². The number of ether oxygens (including phenoxy) is 2. The summed E-state index contributed by atoms with van der Waals surface area (Å²) in [5.74, 6) is -0.315. The number of rotatable bonds is 42. The zero-order valence-corrected chi connectivity index (χ0v) is 37.1. The minimum Gasteiger partial charge on any atom is -0.457 e. The monoisotopic (exact) mass is 787 g/mol. The Kier molecular flexibility index (Phi) is 38.1. The molecule has 0 fully saturated rings. The van der Waals surface area contributed by atoms with Crippen LogP contribution in [-0.2, 0) is 27.9 Å². The van der Waals surface area contributed by atoms with Gasteiger partial charge in [0.1, 0.15) is 19.3 Å². The Labute approximate surface area is 334 Å². The molecule has 0 aromatic carbocycles. The summed E-state index contributed by atoms with van der Waals surface area (Å²) in [4.78, 5) is 22.9. The van der Waals surface area contributed by atoms with Gasteiger partial charge in [-0.2, -0.15) is 0 Å². The molecule has 0 amide bonds. The summed E-state index contributed by atoms with van der Waals surface area (Å²) in [5.41, 5.74) is 0. The van der Waals surface area contributed by atoms with Gasteiger partial charge in [0.2, 0.25) is 0 Å². The van der Waals surface area contributed by atoms with Crippen molar-refractivity contribution in [1.82, 2.24) is 0 Å². The molecule has 54 heavy (non-hydrogen) atoms. The fourth-order valence-electron chi connectivity index (χ4n) is 6.23. The van der Waals surface area contributed by atoms with Crippen molar-refractivity contribution in [1.29, 1.82) is 0 Å². The number of esters is 1. The molecule has 8 nitrogen and oxygen atoms in total. The zero-order chi connectivity index (χ0) is 39.9. The minimum absolute atomic E-state index is 0.0883. The molecule has 0 spiro atoms. The van der Waals surface area contributed by atoms with E-state index in [1.54, 1.807) is 0 Å². The minimum atomic E-state index is -4.27. The first-order valence-electron chi connectivity index (χ1n) is 22.6. The number of likely N-dealkylation sites (N-methyl/N-ethyl adjacent to an activating group) is 1. The Bertz CT molecular complexity index is 920. The fourth-order valence-corrected chi connectivity index (χ4v) is 6.97. The highest BCUT2D eigenvalue weighted by molar-refractivity contribution is 7.47. The predicted octanol–water partition coefficient (Wildman–Crippen LogP) is 13.2. The molecule has 9 heteroatoms. The average Bonchev–Trinajstić information content (AvgIpc) is 3.12. The van der Waals surface area contributed by atoms with Gasteiger partial charge in [0.15, 0.2) is 0 Å². The summed E-state index contributed by atoms with van der Waals surface area (Å²) in [6.45, 7) is 5.60. The highest BCUT2D eigenvalue weighted by Crippen LogP contribution is 2.43. The second kappa shape index (κ2) is 38.8. The van der Waals surface area contributed by atoms with E-state index >= 15 is 0 Å². The Morgan fingerprint density at radius 3 is 1.54 bits per heavy atom. The standard InChI is InChI=1S/C45H88NO7P/c1-6-8-10-12-14-16-18-20-22-24-26-28-30-32-34-36-38-45(47)53-44(43-52-54(48,49)51-41-39-46(3,4)5)42-50-40-37-35-33-31-29-27-25-23-21-19-17-15-13-11-9-7-2/h15,17,21,23,44H,6-14,16,18-20,22,24-43H2,1-5H3/p+1/b17-15-,23-21-. The van der Waals surface area contributed by atoms with E-state index in [4.69, 9.17) is 18.5 Å². The molecular weight excluding hydrogens is 697 g/mol. The molecule has 0 rings (SSSR count). The summed E-state index contributed by atoms with van der Waals surface area (Å²) in [6.07, 6.45) is 43.4. The number of hydrogen-bond donors (Lipinski definition) is 1. The van der Waals surface area contributed by atoms with E-state index in [0.29, 0.717) is 24.1 Å². The van der Waals surface area contributed by atoms with Crippen LogP contribution < -0.4 is 0 Å². The number of carbonyl (C=O) groups is 1. The average molecular weight is 787 g/mol. The SMILES string of the molecule is CCCCC/C=C\C/C=C\CCCCCCCCOCC(COP(=O)(O)OCC[N+](C)(C)C)OC(=O)CCCCCCCCCCCCCCCCCC. The first-order valence-corrected chi connectivity index (χ1v) is 24.1. The van der Waals surface area contributed by atoms with Crippen LogP contribution in [0.5, 0.6) is 0 Å². The summed E-state index contributed by atoms with van der Waals surface area (Å²) in [7, 11) is 1.67. The lowest BCUT2D eigenvalue weighted by Crippen LogP contribution is -2.37. The van der Waals surface area contributed by atoms with Gasteiger partial charge in [-0.25, -0.2) is 4.57 Å². The van der Waals surface area contributed by atoms with E-state index < -0.39 is 13.9 Å². The molecule has 0 radical (unpaired) electrons. The smallest absolute Gasteiger partial charge is 0.457 e. The Morgan fingerprint density at radius 1 is 0.574 bits per heavy atom. The van der Waals surface area contributed by atoms with E-state index in [1.165, 1.54) is 135 Å². The van der Waals surface area contributed by atoms with Crippen molar-refractivity contribution >= 4 is 13.8 Å². The number of phosphoric ester groups is 1. The van der Waals surface area contributed by atoms with Crippen molar-refractivity contribution in [2.45, 2.75) is 206 Å². The van der Waals surface area contributed by atoms with Crippen molar-refractivity contribution in [3.8, 4) is 0 Å². The number of carbonyl (C=O) groups excluding carboxylic acids is 1. The molecule has 0 saturated carbocycles. The highest BCUT2D eigenvalue weighted by Gasteiger charge is 2.26. The van der Waals surface area contributed by atoms with Gasteiger partial charge < -0.3 is 18.9 Å². The van der Waals surface area contributed by atoms with Gasteiger partial charge in [-0.1, -0.05) is 173 Å². The lowest BCUT2D eigenvalue weighted by Gasteiger charge is -2.24. The zero-order valence-electron chi connectivity index (χ0n) is 36.2.